The topological polar surface area (TPSA) is 65.5 Å². The Balaban J connectivity index is 1.62. The van der Waals surface area contributed by atoms with Crippen molar-refractivity contribution in [3.05, 3.63) is 45.4 Å². The van der Waals surface area contributed by atoms with Crippen LogP contribution in [-0.4, -0.2) is 47.0 Å². The maximum Gasteiger partial charge on any atom is 0.325 e. The van der Waals surface area contributed by atoms with E-state index in [1.165, 1.54) is 21.1 Å². The van der Waals surface area contributed by atoms with Crippen molar-refractivity contribution in [1.29, 1.82) is 0 Å². The molecule has 3 amide bonds. The van der Waals surface area contributed by atoms with Gasteiger partial charge in [-0.1, -0.05) is 23.7 Å². The second-order valence-electron chi connectivity index (χ2n) is 5.75. The summed E-state index contributed by atoms with van der Waals surface area (Å²) in [6.45, 7) is 2.36. The van der Waals surface area contributed by atoms with E-state index < -0.39 is 0 Å². The maximum atomic E-state index is 12.1. The number of amides is 3. The highest BCUT2D eigenvalue weighted by atomic mass is 35.5. The first kappa shape index (κ1) is 16.7. The Labute approximate surface area is 149 Å². The second kappa shape index (κ2) is 6.78. The average molecular weight is 365 g/mol. The number of nitrogens with zero attached hydrogens (tertiary/aromatic N) is 3. The van der Waals surface area contributed by atoms with Crippen molar-refractivity contribution in [2.24, 2.45) is 0 Å². The summed E-state index contributed by atoms with van der Waals surface area (Å²) in [7, 11) is 1.67. The number of carbonyl (C=O) groups is 2. The highest BCUT2D eigenvalue weighted by Crippen LogP contribution is 2.24. The third-order valence-corrected chi connectivity index (χ3v) is 5.12. The summed E-state index contributed by atoms with van der Waals surface area (Å²) in [6, 6.07) is 5.65. The Bertz CT molecular complexity index is 792. The summed E-state index contributed by atoms with van der Waals surface area (Å²) in [6.07, 6.45) is 2.45. The molecule has 24 heavy (non-hydrogen) atoms. The van der Waals surface area contributed by atoms with Gasteiger partial charge in [0.15, 0.2) is 5.13 Å². The first-order valence-corrected chi connectivity index (χ1v) is 8.61. The van der Waals surface area contributed by atoms with Crippen molar-refractivity contribution >= 4 is 40.0 Å². The quantitative estimate of drug-likeness (QED) is 0.910. The Morgan fingerprint density at radius 1 is 1.46 bits per heavy atom. The molecule has 1 fully saturated rings. The third kappa shape index (κ3) is 3.68. The molecule has 1 N–H and O–H groups in total. The van der Waals surface area contributed by atoms with Crippen LogP contribution in [0.25, 0.3) is 0 Å². The number of benzene rings is 1. The highest BCUT2D eigenvalue weighted by molar-refractivity contribution is 7.15. The molecule has 0 saturated carbocycles. The lowest BCUT2D eigenvalue weighted by Crippen LogP contribution is -2.34. The van der Waals surface area contributed by atoms with Crippen LogP contribution in [0, 0.1) is 6.92 Å². The third-order valence-electron chi connectivity index (χ3n) is 3.80. The molecule has 0 spiro atoms. The number of halogens is 1. The zero-order valence-corrected chi connectivity index (χ0v) is 14.9. The van der Waals surface area contributed by atoms with Crippen LogP contribution in [0.1, 0.15) is 16.0 Å². The number of thiazole rings is 1. The number of rotatable bonds is 3. The number of carbonyl (C=O) groups excluding carboxylic acids is 2. The minimum absolute atomic E-state index is 0.0683. The molecular weight excluding hydrogens is 348 g/mol. The first-order valence-electron chi connectivity index (χ1n) is 7.42. The Morgan fingerprint density at radius 3 is 2.92 bits per heavy atom. The minimum atomic E-state index is -0.313. The number of aryl methyl sites for hydroxylation is 1. The summed E-state index contributed by atoms with van der Waals surface area (Å²) in [5.74, 6) is -0.0683. The van der Waals surface area contributed by atoms with E-state index in [1.54, 1.807) is 13.2 Å². The Morgan fingerprint density at radius 2 is 2.25 bits per heavy atom. The Kier molecular flexibility index (Phi) is 4.73. The lowest BCUT2D eigenvalue weighted by atomic mass is 10.1. The van der Waals surface area contributed by atoms with E-state index in [9.17, 15) is 9.59 Å². The minimum Gasteiger partial charge on any atom is -0.326 e. The number of hydrogen-bond acceptors (Lipinski definition) is 4. The molecule has 2 aromatic rings. The zero-order chi connectivity index (χ0) is 17.3. The van der Waals surface area contributed by atoms with Gasteiger partial charge in [0.05, 0.1) is 6.67 Å². The van der Waals surface area contributed by atoms with Crippen molar-refractivity contribution in [2.45, 2.75) is 13.3 Å². The SMILES string of the molecule is Cc1ccc(Cc2cnc(NC(=O)N3CC(=O)N(C)C3)s2)cc1Cl. The van der Waals surface area contributed by atoms with Crippen LogP contribution >= 0.6 is 22.9 Å². The van der Waals surface area contributed by atoms with Crippen LogP contribution in [0.4, 0.5) is 9.93 Å². The smallest absolute Gasteiger partial charge is 0.325 e. The number of urea groups is 1. The fourth-order valence-electron chi connectivity index (χ4n) is 2.37. The first-order chi connectivity index (χ1) is 11.4. The number of anilines is 1. The van der Waals surface area contributed by atoms with Crippen molar-refractivity contribution in [3.63, 3.8) is 0 Å². The molecule has 1 saturated heterocycles. The monoisotopic (exact) mass is 364 g/mol. The molecule has 0 aliphatic carbocycles. The van der Waals surface area contributed by atoms with Crippen LogP contribution in [0.2, 0.25) is 5.02 Å². The van der Waals surface area contributed by atoms with Gasteiger partial charge in [-0.15, -0.1) is 11.3 Å². The lowest BCUT2D eigenvalue weighted by Gasteiger charge is -2.14. The molecule has 6 nitrogen and oxygen atoms in total. The summed E-state index contributed by atoms with van der Waals surface area (Å²) in [4.78, 5) is 31.8. The molecule has 126 valence electrons. The van der Waals surface area contributed by atoms with Crippen molar-refractivity contribution in [3.8, 4) is 0 Å². The Hall–Kier alpha value is -2.12. The molecular formula is C16H17ClN4O2S. The molecule has 0 atom stereocenters. The van der Waals surface area contributed by atoms with Crippen LogP contribution in [0.15, 0.2) is 24.4 Å². The van der Waals surface area contributed by atoms with E-state index >= 15 is 0 Å². The normalized spacial score (nSPS) is 14.4. The van der Waals surface area contributed by atoms with E-state index in [0.717, 1.165) is 21.0 Å². The maximum absolute atomic E-state index is 12.1. The second-order valence-corrected chi connectivity index (χ2v) is 7.28. The predicted octanol–water partition coefficient (Wildman–Crippen LogP) is 2.96. The summed E-state index contributed by atoms with van der Waals surface area (Å²) < 4.78 is 0. The van der Waals surface area contributed by atoms with Gasteiger partial charge < -0.3 is 4.90 Å². The summed E-state index contributed by atoms with van der Waals surface area (Å²) in [5, 5.41) is 4.01. The van der Waals surface area contributed by atoms with Crippen LogP contribution in [-0.2, 0) is 11.2 Å². The van der Waals surface area contributed by atoms with Gasteiger partial charge in [-0.2, -0.15) is 0 Å². The van der Waals surface area contributed by atoms with Gasteiger partial charge >= 0.3 is 6.03 Å². The lowest BCUT2D eigenvalue weighted by molar-refractivity contribution is -0.125. The van der Waals surface area contributed by atoms with Gasteiger partial charge in [0, 0.05) is 29.6 Å². The van der Waals surface area contributed by atoms with E-state index in [2.05, 4.69) is 10.3 Å². The number of likely N-dealkylation sites (N-methyl/N-ethyl adjacent to an activating group) is 1. The van der Waals surface area contributed by atoms with Crippen molar-refractivity contribution in [1.82, 2.24) is 14.8 Å². The average Bonchev–Trinajstić information content (AvgIpc) is 3.10. The molecule has 1 aromatic carbocycles. The highest BCUT2D eigenvalue weighted by Gasteiger charge is 2.28. The summed E-state index contributed by atoms with van der Waals surface area (Å²) >= 11 is 7.56. The standard InChI is InChI=1S/C16H17ClN4O2S/c1-10-3-4-11(6-13(10)17)5-12-7-18-15(24-12)19-16(23)21-8-14(22)20(2)9-21/h3-4,6-7H,5,8-9H2,1-2H3,(H,18,19,23). The van der Waals surface area contributed by atoms with Crippen LogP contribution in [0.5, 0.6) is 0 Å². The molecule has 0 radical (unpaired) electrons. The van der Waals surface area contributed by atoms with E-state index in [-0.39, 0.29) is 18.5 Å². The molecule has 3 rings (SSSR count). The van der Waals surface area contributed by atoms with Gasteiger partial charge in [-0.25, -0.2) is 9.78 Å². The fourth-order valence-corrected chi connectivity index (χ4v) is 3.41. The molecule has 1 aromatic heterocycles. The summed E-state index contributed by atoms with van der Waals surface area (Å²) in [5.41, 5.74) is 2.14. The number of aromatic nitrogens is 1. The molecule has 1 aliphatic rings. The largest absolute Gasteiger partial charge is 0.326 e. The van der Waals surface area contributed by atoms with Gasteiger partial charge in [-0.05, 0) is 24.1 Å². The van der Waals surface area contributed by atoms with Gasteiger partial charge in [0.2, 0.25) is 5.91 Å². The van der Waals surface area contributed by atoms with E-state index in [4.69, 9.17) is 11.6 Å². The molecule has 0 bridgehead atoms. The number of hydrogen-bond donors (Lipinski definition) is 1. The van der Waals surface area contributed by atoms with Crippen LogP contribution < -0.4 is 5.32 Å². The van der Waals surface area contributed by atoms with E-state index in [0.29, 0.717) is 18.2 Å². The predicted molar refractivity (Wildman–Crippen MR) is 94.5 cm³/mol. The fraction of sp³-hybridized carbons (Fsp3) is 0.312. The molecule has 1 aliphatic heterocycles. The van der Waals surface area contributed by atoms with Gasteiger partial charge in [-0.3, -0.25) is 15.0 Å². The van der Waals surface area contributed by atoms with Gasteiger partial charge in [0.1, 0.15) is 6.54 Å². The number of nitrogens with one attached hydrogen (secondary N) is 1. The zero-order valence-electron chi connectivity index (χ0n) is 13.4. The van der Waals surface area contributed by atoms with E-state index in [1.807, 2.05) is 25.1 Å². The van der Waals surface area contributed by atoms with Crippen molar-refractivity contribution < 1.29 is 9.59 Å². The van der Waals surface area contributed by atoms with Gasteiger partial charge in [0.25, 0.3) is 0 Å². The molecule has 8 heteroatoms. The van der Waals surface area contributed by atoms with Crippen LogP contribution in [0.3, 0.4) is 0 Å². The molecule has 2 heterocycles. The molecule has 0 unspecified atom stereocenters. The van der Waals surface area contributed by atoms with Crippen molar-refractivity contribution in [2.75, 3.05) is 25.6 Å².